The van der Waals surface area contributed by atoms with Crippen LogP contribution in [0.15, 0.2) is 28.7 Å². The van der Waals surface area contributed by atoms with Crippen molar-refractivity contribution in [2.45, 2.75) is 31.2 Å². The highest BCUT2D eigenvalue weighted by Gasteiger charge is 2.36. The first-order valence-electron chi connectivity index (χ1n) is 6.56. The molecule has 1 aromatic rings. The number of halogens is 1. The number of ether oxygens (including phenoxy) is 1. The fraction of sp³-hybridized carbons (Fsp3) is 0.500. The molecule has 1 aliphatic rings. The number of nitrogens with two attached hydrogens (primary N) is 1. The first kappa shape index (κ1) is 14.3. The number of hydrogen-bond acceptors (Lipinski definition) is 3. The number of hydrogen-bond donors (Lipinski definition) is 2. The molecule has 0 saturated heterocycles. The molecular weight excluding hydrogens is 308 g/mol. The van der Waals surface area contributed by atoms with Gasteiger partial charge in [0.15, 0.2) is 0 Å². The quantitative estimate of drug-likeness (QED) is 0.815. The Labute approximate surface area is 121 Å². The van der Waals surface area contributed by atoms with Gasteiger partial charge in [-0.2, -0.15) is 0 Å². The molecule has 2 rings (SSSR count). The predicted molar refractivity (Wildman–Crippen MR) is 78.0 cm³/mol. The average Bonchev–Trinajstić information content (AvgIpc) is 2.85. The maximum Gasteiger partial charge on any atom is 0.240 e. The van der Waals surface area contributed by atoms with Crippen LogP contribution in [0.5, 0.6) is 5.75 Å². The van der Waals surface area contributed by atoms with Crippen molar-refractivity contribution in [2.75, 3.05) is 13.2 Å². The maximum absolute atomic E-state index is 11.9. The standard InChI is InChI=1S/C14H19BrN2O2/c15-11-3-5-12(6-4-11)19-10-9-17-13(18)14(16)7-1-2-8-14/h3-6H,1-2,7-10,16H2,(H,17,18). The summed E-state index contributed by atoms with van der Waals surface area (Å²) in [5.74, 6) is 0.741. The molecule has 0 spiro atoms. The summed E-state index contributed by atoms with van der Waals surface area (Å²) in [5.41, 5.74) is 5.40. The van der Waals surface area contributed by atoms with Gasteiger partial charge in [0.1, 0.15) is 12.4 Å². The second kappa shape index (κ2) is 6.39. The Morgan fingerprint density at radius 1 is 1.32 bits per heavy atom. The van der Waals surface area contributed by atoms with Crippen molar-refractivity contribution in [3.05, 3.63) is 28.7 Å². The number of nitrogens with one attached hydrogen (secondary N) is 1. The van der Waals surface area contributed by atoms with Crippen molar-refractivity contribution >= 4 is 21.8 Å². The van der Waals surface area contributed by atoms with Crippen LogP contribution in [0.25, 0.3) is 0 Å². The number of rotatable bonds is 5. The Kier molecular flexibility index (Phi) is 4.82. The third-order valence-electron chi connectivity index (χ3n) is 3.42. The molecule has 0 aliphatic heterocycles. The van der Waals surface area contributed by atoms with Crippen LogP contribution < -0.4 is 15.8 Å². The molecule has 3 N–H and O–H groups in total. The summed E-state index contributed by atoms with van der Waals surface area (Å²) in [6.07, 6.45) is 3.65. The summed E-state index contributed by atoms with van der Waals surface area (Å²) in [6.45, 7) is 0.928. The van der Waals surface area contributed by atoms with Gasteiger partial charge in [0.25, 0.3) is 0 Å². The van der Waals surface area contributed by atoms with Crippen LogP contribution in [0.4, 0.5) is 0 Å². The lowest BCUT2D eigenvalue weighted by Gasteiger charge is -2.22. The molecule has 4 nitrogen and oxygen atoms in total. The molecule has 0 heterocycles. The highest BCUT2D eigenvalue weighted by molar-refractivity contribution is 9.10. The van der Waals surface area contributed by atoms with E-state index in [9.17, 15) is 4.79 Å². The zero-order valence-electron chi connectivity index (χ0n) is 10.8. The SMILES string of the molecule is NC1(C(=O)NCCOc2ccc(Br)cc2)CCCC1. The van der Waals surface area contributed by atoms with Gasteiger partial charge in [-0.05, 0) is 37.1 Å². The van der Waals surface area contributed by atoms with Crippen molar-refractivity contribution in [3.8, 4) is 5.75 Å². The molecule has 1 saturated carbocycles. The highest BCUT2D eigenvalue weighted by Crippen LogP contribution is 2.27. The monoisotopic (exact) mass is 326 g/mol. The summed E-state index contributed by atoms with van der Waals surface area (Å²) in [6, 6.07) is 7.60. The van der Waals surface area contributed by atoms with Crippen molar-refractivity contribution in [3.63, 3.8) is 0 Å². The molecule has 1 amide bonds. The zero-order valence-corrected chi connectivity index (χ0v) is 12.4. The summed E-state index contributed by atoms with van der Waals surface area (Å²) in [4.78, 5) is 11.9. The summed E-state index contributed by atoms with van der Waals surface area (Å²) in [5, 5.41) is 2.85. The van der Waals surface area contributed by atoms with Crippen LogP contribution in [0.2, 0.25) is 0 Å². The molecule has 0 unspecified atom stereocenters. The van der Waals surface area contributed by atoms with Gasteiger partial charge < -0.3 is 15.8 Å². The van der Waals surface area contributed by atoms with E-state index < -0.39 is 5.54 Å². The van der Waals surface area contributed by atoms with E-state index in [1.165, 1.54) is 0 Å². The number of benzene rings is 1. The van der Waals surface area contributed by atoms with E-state index in [2.05, 4.69) is 21.2 Å². The van der Waals surface area contributed by atoms with Crippen molar-refractivity contribution < 1.29 is 9.53 Å². The zero-order chi connectivity index (χ0) is 13.7. The Bertz CT molecular complexity index is 428. The fourth-order valence-corrected chi connectivity index (χ4v) is 2.54. The van der Waals surface area contributed by atoms with Gasteiger partial charge in [0.05, 0.1) is 12.1 Å². The lowest BCUT2D eigenvalue weighted by Crippen LogP contribution is -2.52. The van der Waals surface area contributed by atoms with Crippen LogP contribution in [-0.2, 0) is 4.79 Å². The molecule has 5 heteroatoms. The van der Waals surface area contributed by atoms with Crippen molar-refractivity contribution in [2.24, 2.45) is 5.73 Å². The van der Waals surface area contributed by atoms with Gasteiger partial charge in [-0.3, -0.25) is 4.79 Å². The van der Waals surface area contributed by atoms with Crippen LogP contribution >= 0.6 is 15.9 Å². The summed E-state index contributed by atoms with van der Waals surface area (Å²) in [7, 11) is 0. The first-order chi connectivity index (χ1) is 9.10. The summed E-state index contributed by atoms with van der Waals surface area (Å²) < 4.78 is 6.54. The van der Waals surface area contributed by atoms with Gasteiger partial charge in [-0.25, -0.2) is 0 Å². The van der Waals surface area contributed by atoms with Gasteiger partial charge in [0.2, 0.25) is 5.91 Å². The fourth-order valence-electron chi connectivity index (χ4n) is 2.27. The minimum atomic E-state index is -0.655. The van der Waals surface area contributed by atoms with E-state index in [0.29, 0.717) is 13.2 Å². The smallest absolute Gasteiger partial charge is 0.240 e. The first-order valence-corrected chi connectivity index (χ1v) is 7.35. The molecule has 0 atom stereocenters. The Hall–Kier alpha value is -1.07. The molecule has 1 aromatic carbocycles. The number of carbonyl (C=O) groups is 1. The van der Waals surface area contributed by atoms with E-state index >= 15 is 0 Å². The minimum absolute atomic E-state index is 0.0515. The molecule has 104 valence electrons. The number of carbonyl (C=O) groups excluding carboxylic acids is 1. The Morgan fingerprint density at radius 3 is 2.58 bits per heavy atom. The summed E-state index contributed by atoms with van der Waals surface area (Å²) >= 11 is 3.36. The van der Waals surface area contributed by atoms with E-state index in [4.69, 9.17) is 10.5 Å². The molecular formula is C14H19BrN2O2. The van der Waals surface area contributed by atoms with Gasteiger partial charge in [-0.15, -0.1) is 0 Å². The van der Waals surface area contributed by atoms with Crippen LogP contribution in [0, 0.1) is 0 Å². The van der Waals surface area contributed by atoms with Crippen molar-refractivity contribution in [1.29, 1.82) is 0 Å². The second-order valence-electron chi connectivity index (χ2n) is 4.92. The van der Waals surface area contributed by atoms with E-state index in [-0.39, 0.29) is 5.91 Å². The lowest BCUT2D eigenvalue weighted by molar-refractivity contribution is -0.126. The number of amides is 1. The second-order valence-corrected chi connectivity index (χ2v) is 5.84. The minimum Gasteiger partial charge on any atom is -0.492 e. The van der Waals surface area contributed by atoms with Gasteiger partial charge in [-0.1, -0.05) is 28.8 Å². The predicted octanol–water partition coefficient (Wildman–Crippen LogP) is 2.22. The average molecular weight is 327 g/mol. The Morgan fingerprint density at radius 2 is 1.95 bits per heavy atom. The third-order valence-corrected chi connectivity index (χ3v) is 3.95. The molecule has 0 radical (unpaired) electrons. The molecule has 19 heavy (non-hydrogen) atoms. The largest absolute Gasteiger partial charge is 0.492 e. The normalized spacial score (nSPS) is 17.2. The van der Waals surface area contributed by atoms with Crippen LogP contribution in [-0.4, -0.2) is 24.6 Å². The van der Waals surface area contributed by atoms with Crippen LogP contribution in [0.3, 0.4) is 0 Å². The van der Waals surface area contributed by atoms with Gasteiger partial charge >= 0.3 is 0 Å². The molecule has 1 fully saturated rings. The van der Waals surface area contributed by atoms with Crippen molar-refractivity contribution in [1.82, 2.24) is 5.32 Å². The molecule has 0 aromatic heterocycles. The van der Waals surface area contributed by atoms with E-state index in [0.717, 1.165) is 35.9 Å². The molecule has 0 bridgehead atoms. The molecule has 1 aliphatic carbocycles. The van der Waals surface area contributed by atoms with E-state index in [1.54, 1.807) is 0 Å². The van der Waals surface area contributed by atoms with E-state index in [1.807, 2.05) is 24.3 Å². The maximum atomic E-state index is 11.9. The lowest BCUT2D eigenvalue weighted by atomic mass is 9.98. The Balaban J connectivity index is 1.69. The topological polar surface area (TPSA) is 64.4 Å². The highest BCUT2D eigenvalue weighted by atomic mass is 79.9. The van der Waals surface area contributed by atoms with Gasteiger partial charge in [0, 0.05) is 4.47 Å². The third kappa shape index (κ3) is 3.94. The van der Waals surface area contributed by atoms with Crippen LogP contribution in [0.1, 0.15) is 25.7 Å².